The largest absolute Gasteiger partial charge is 0.481 e. The van der Waals surface area contributed by atoms with Gasteiger partial charge in [0.2, 0.25) is 0 Å². The molecule has 1 aliphatic rings. The Labute approximate surface area is 106 Å². The van der Waals surface area contributed by atoms with Crippen molar-refractivity contribution < 1.29 is 18.7 Å². The molecule has 1 amide bonds. The smallest absolute Gasteiger partial charge is 0.258 e. The summed E-state index contributed by atoms with van der Waals surface area (Å²) >= 11 is 3.14. The van der Waals surface area contributed by atoms with E-state index in [0.29, 0.717) is 17.7 Å². The van der Waals surface area contributed by atoms with Crippen molar-refractivity contribution >= 4 is 21.8 Å². The van der Waals surface area contributed by atoms with Crippen LogP contribution in [0.15, 0.2) is 22.7 Å². The quantitative estimate of drug-likeness (QED) is 0.916. The highest BCUT2D eigenvalue weighted by Gasteiger charge is 2.20. The number of ether oxygens (including phenoxy) is 2. The van der Waals surface area contributed by atoms with E-state index < -0.39 is 5.82 Å². The average molecular weight is 304 g/mol. The molecule has 4 nitrogen and oxygen atoms in total. The van der Waals surface area contributed by atoms with Gasteiger partial charge in [-0.25, -0.2) is 4.39 Å². The standard InChI is InChI=1S/C11H11BrFNO3/c12-7-1-2-10(9(13)3-7)17-6-11(15)14-8-4-16-5-8/h1-3,8H,4-6H2,(H,14,15). The molecule has 6 heteroatoms. The van der Waals surface area contributed by atoms with Crippen LogP contribution in [-0.4, -0.2) is 31.8 Å². The van der Waals surface area contributed by atoms with Crippen molar-refractivity contribution in [2.75, 3.05) is 19.8 Å². The lowest BCUT2D eigenvalue weighted by Crippen LogP contribution is -2.49. The third kappa shape index (κ3) is 3.41. The number of carbonyl (C=O) groups is 1. The SMILES string of the molecule is O=C(COc1ccc(Br)cc1F)NC1COC1. The van der Waals surface area contributed by atoms with E-state index in [1.807, 2.05) is 0 Å². The Morgan fingerprint density at radius 2 is 2.35 bits per heavy atom. The average Bonchev–Trinajstić information content (AvgIpc) is 2.22. The van der Waals surface area contributed by atoms with E-state index in [4.69, 9.17) is 9.47 Å². The van der Waals surface area contributed by atoms with Crippen LogP contribution >= 0.6 is 15.9 Å². The summed E-state index contributed by atoms with van der Waals surface area (Å²) in [6, 6.07) is 4.46. The van der Waals surface area contributed by atoms with Gasteiger partial charge in [0.25, 0.3) is 5.91 Å². The Morgan fingerprint density at radius 1 is 1.59 bits per heavy atom. The maximum atomic E-state index is 13.3. The lowest BCUT2D eigenvalue weighted by Gasteiger charge is -2.26. The number of amides is 1. The first-order chi connectivity index (χ1) is 8.15. The molecule has 1 saturated heterocycles. The molecule has 0 spiro atoms. The summed E-state index contributed by atoms with van der Waals surface area (Å²) in [4.78, 5) is 11.4. The van der Waals surface area contributed by atoms with Crippen LogP contribution in [0.5, 0.6) is 5.75 Å². The summed E-state index contributed by atoms with van der Waals surface area (Å²) in [7, 11) is 0. The molecule has 1 aromatic rings. The number of nitrogens with one attached hydrogen (secondary N) is 1. The monoisotopic (exact) mass is 303 g/mol. The number of rotatable bonds is 4. The van der Waals surface area contributed by atoms with Crippen molar-refractivity contribution in [3.63, 3.8) is 0 Å². The Hall–Kier alpha value is -1.14. The van der Waals surface area contributed by atoms with Crippen LogP contribution in [0.4, 0.5) is 4.39 Å². The molecule has 1 fully saturated rings. The molecule has 0 unspecified atom stereocenters. The van der Waals surface area contributed by atoms with Crippen LogP contribution < -0.4 is 10.1 Å². The zero-order valence-electron chi connectivity index (χ0n) is 8.91. The van der Waals surface area contributed by atoms with Gasteiger partial charge in [-0.15, -0.1) is 0 Å². The first kappa shape index (κ1) is 12.3. The molecule has 0 aliphatic carbocycles. The van der Waals surface area contributed by atoms with Crippen LogP contribution in [0, 0.1) is 5.82 Å². The summed E-state index contributed by atoms with van der Waals surface area (Å²) in [5, 5.41) is 2.70. The topological polar surface area (TPSA) is 47.6 Å². The van der Waals surface area contributed by atoms with Crippen molar-refractivity contribution in [1.29, 1.82) is 0 Å². The molecule has 1 heterocycles. The molecule has 92 valence electrons. The maximum absolute atomic E-state index is 13.3. The summed E-state index contributed by atoms with van der Waals surface area (Å²) in [5.74, 6) is -0.715. The molecule has 1 aliphatic heterocycles. The summed E-state index contributed by atoms with van der Waals surface area (Å²) in [6.45, 7) is 0.853. The fourth-order valence-corrected chi connectivity index (χ4v) is 1.66. The van der Waals surface area contributed by atoms with E-state index in [1.54, 1.807) is 6.07 Å². The van der Waals surface area contributed by atoms with E-state index in [2.05, 4.69) is 21.2 Å². The van der Waals surface area contributed by atoms with Crippen LogP contribution in [0.1, 0.15) is 0 Å². The molecule has 0 aromatic heterocycles. The minimum atomic E-state index is -0.501. The summed E-state index contributed by atoms with van der Waals surface area (Å²) in [6.07, 6.45) is 0. The first-order valence-electron chi connectivity index (χ1n) is 5.10. The summed E-state index contributed by atoms with van der Waals surface area (Å²) < 4.78 is 23.9. The van der Waals surface area contributed by atoms with Crippen molar-refractivity contribution in [2.24, 2.45) is 0 Å². The van der Waals surface area contributed by atoms with Crippen LogP contribution in [0.25, 0.3) is 0 Å². The fourth-order valence-electron chi connectivity index (χ4n) is 1.32. The van der Waals surface area contributed by atoms with Gasteiger partial charge < -0.3 is 14.8 Å². The predicted molar refractivity (Wildman–Crippen MR) is 62.3 cm³/mol. The van der Waals surface area contributed by atoms with Gasteiger partial charge in [-0.05, 0) is 18.2 Å². The molecule has 0 radical (unpaired) electrons. The highest BCUT2D eigenvalue weighted by Crippen LogP contribution is 2.21. The number of hydrogen-bond donors (Lipinski definition) is 1. The number of benzene rings is 1. The molecule has 2 rings (SSSR count). The fraction of sp³-hybridized carbons (Fsp3) is 0.364. The third-order valence-corrected chi connectivity index (χ3v) is 2.75. The van der Waals surface area contributed by atoms with Gasteiger partial charge in [0.15, 0.2) is 18.2 Å². The van der Waals surface area contributed by atoms with Gasteiger partial charge >= 0.3 is 0 Å². The number of hydrogen-bond acceptors (Lipinski definition) is 3. The lowest BCUT2D eigenvalue weighted by atomic mass is 10.2. The third-order valence-electron chi connectivity index (χ3n) is 2.26. The minimum absolute atomic E-state index is 0.0564. The van der Waals surface area contributed by atoms with Crippen molar-refractivity contribution in [1.82, 2.24) is 5.32 Å². The van der Waals surface area contributed by atoms with Crippen LogP contribution in [-0.2, 0) is 9.53 Å². The zero-order chi connectivity index (χ0) is 12.3. The Morgan fingerprint density at radius 3 is 2.94 bits per heavy atom. The Kier molecular flexibility index (Phi) is 3.96. The normalized spacial score (nSPS) is 15.2. The van der Waals surface area contributed by atoms with Gasteiger partial charge in [0, 0.05) is 4.47 Å². The van der Waals surface area contributed by atoms with E-state index in [1.165, 1.54) is 12.1 Å². The Bertz CT molecular complexity index is 423. The van der Waals surface area contributed by atoms with Crippen molar-refractivity contribution in [2.45, 2.75) is 6.04 Å². The molecule has 0 atom stereocenters. The molecule has 0 saturated carbocycles. The number of carbonyl (C=O) groups excluding carboxylic acids is 1. The van der Waals surface area contributed by atoms with Crippen molar-refractivity contribution in [3.8, 4) is 5.75 Å². The first-order valence-corrected chi connectivity index (χ1v) is 5.89. The molecular weight excluding hydrogens is 293 g/mol. The molecule has 1 N–H and O–H groups in total. The second-order valence-corrected chi connectivity index (χ2v) is 4.58. The van der Waals surface area contributed by atoms with Gasteiger partial charge in [-0.1, -0.05) is 15.9 Å². The van der Waals surface area contributed by atoms with Gasteiger partial charge in [-0.3, -0.25) is 4.79 Å². The molecular formula is C11H11BrFNO3. The van der Waals surface area contributed by atoms with Gasteiger partial charge in [-0.2, -0.15) is 0 Å². The maximum Gasteiger partial charge on any atom is 0.258 e. The molecule has 1 aromatic carbocycles. The van der Waals surface area contributed by atoms with Crippen LogP contribution in [0.2, 0.25) is 0 Å². The van der Waals surface area contributed by atoms with Crippen molar-refractivity contribution in [3.05, 3.63) is 28.5 Å². The van der Waals surface area contributed by atoms with E-state index >= 15 is 0 Å². The second kappa shape index (κ2) is 5.46. The Balaban J connectivity index is 1.82. The van der Waals surface area contributed by atoms with E-state index in [-0.39, 0.29) is 24.3 Å². The highest BCUT2D eigenvalue weighted by molar-refractivity contribution is 9.10. The highest BCUT2D eigenvalue weighted by atomic mass is 79.9. The molecule has 17 heavy (non-hydrogen) atoms. The predicted octanol–water partition coefficient (Wildman–Crippen LogP) is 1.48. The van der Waals surface area contributed by atoms with E-state index in [9.17, 15) is 9.18 Å². The second-order valence-electron chi connectivity index (χ2n) is 3.67. The zero-order valence-corrected chi connectivity index (χ0v) is 10.5. The summed E-state index contributed by atoms with van der Waals surface area (Å²) in [5.41, 5.74) is 0. The lowest BCUT2D eigenvalue weighted by molar-refractivity contribution is -0.127. The number of halogens is 2. The van der Waals surface area contributed by atoms with Gasteiger partial charge in [0.1, 0.15) is 0 Å². The minimum Gasteiger partial charge on any atom is -0.481 e. The van der Waals surface area contributed by atoms with Crippen LogP contribution in [0.3, 0.4) is 0 Å². The molecule has 0 bridgehead atoms. The van der Waals surface area contributed by atoms with Gasteiger partial charge in [0.05, 0.1) is 19.3 Å². The van der Waals surface area contributed by atoms with E-state index in [0.717, 1.165) is 0 Å².